The minimum Gasteiger partial charge on any atom is -0.462 e. The standard InChI is InChI=1S/C51H72FN13O6/c1-4-71-50(70)41-31-53-51(56-38-30-54-59(2)33-38)58-46(41)55-37-9-11-39(12-10-37)62-25-27-65(28-26-62)49(69)36-7-5-35(6-8-36)48(68)64-19-17-34(18-20-64)32-61-21-23-63(24-22-61)44-29-40(13-14-42(44)52)60(3)43-15-16-45(66)57-47(43)67/h13-14,29-31,33-37,39,43H,4-12,15-28,32H2,1-3H3,(H,57,66,67)(H2,53,55,56,58). The van der Waals surface area contributed by atoms with E-state index in [0.29, 0.717) is 54.5 Å². The number of carbonyl (C=O) groups is 5. The summed E-state index contributed by atoms with van der Waals surface area (Å²) in [6.45, 7) is 10.8. The first kappa shape index (κ1) is 50.1. The number of imide groups is 1. The quantitative estimate of drug-likeness (QED) is 0.153. The molecule has 4 aliphatic heterocycles. The second-order valence-electron chi connectivity index (χ2n) is 20.5. The molecule has 3 N–H and O–H groups in total. The number of halogens is 1. The second kappa shape index (κ2) is 22.7. The van der Waals surface area contributed by atoms with E-state index in [2.05, 4.69) is 55.5 Å². The number of ether oxygens (including phenoxy) is 1. The van der Waals surface area contributed by atoms with Crippen molar-refractivity contribution >= 4 is 58.4 Å². The molecule has 384 valence electrons. The number of aromatic nitrogens is 4. The van der Waals surface area contributed by atoms with Gasteiger partial charge >= 0.3 is 5.97 Å². The van der Waals surface area contributed by atoms with Gasteiger partial charge in [-0.05, 0) is 102 Å². The van der Waals surface area contributed by atoms with Gasteiger partial charge in [0.1, 0.15) is 23.2 Å². The van der Waals surface area contributed by atoms with Crippen molar-refractivity contribution in [2.24, 2.45) is 24.8 Å². The van der Waals surface area contributed by atoms with E-state index in [-0.39, 0.29) is 60.4 Å². The van der Waals surface area contributed by atoms with Crippen LogP contribution in [0.4, 0.5) is 33.2 Å². The molecule has 1 unspecified atom stereocenters. The first-order valence-electron chi connectivity index (χ1n) is 26.1. The lowest BCUT2D eigenvalue weighted by atomic mass is 9.80. The van der Waals surface area contributed by atoms with Gasteiger partial charge in [-0.2, -0.15) is 10.1 Å². The summed E-state index contributed by atoms with van der Waals surface area (Å²) in [5, 5.41) is 13.3. The first-order chi connectivity index (χ1) is 34.4. The Balaban J connectivity index is 0.660. The number of aryl methyl sites for hydroxylation is 1. The van der Waals surface area contributed by atoms with E-state index in [9.17, 15) is 24.0 Å². The van der Waals surface area contributed by atoms with Crippen molar-refractivity contribution < 1.29 is 33.1 Å². The molecule has 4 saturated heterocycles. The van der Waals surface area contributed by atoms with Crippen LogP contribution in [-0.4, -0.2) is 173 Å². The molecule has 6 fully saturated rings. The highest BCUT2D eigenvalue weighted by molar-refractivity contribution is 6.01. The van der Waals surface area contributed by atoms with Crippen LogP contribution in [0, 0.1) is 23.6 Å². The lowest BCUT2D eigenvalue weighted by molar-refractivity contribution is -0.143. The Hall–Kier alpha value is -5.89. The number of likely N-dealkylation sites (tertiary alicyclic amines) is 1. The number of likely N-dealkylation sites (N-methyl/N-ethyl adjacent to an activating group) is 1. The molecule has 20 heteroatoms. The van der Waals surface area contributed by atoms with Gasteiger partial charge in [0.15, 0.2) is 0 Å². The average molecular weight is 982 g/mol. The number of rotatable bonds is 14. The molecule has 71 heavy (non-hydrogen) atoms. The van der Waals surface area contributed by atoms with Crippen molar-refractivity contribution in [2.45, 2.75) is 102 Å². The molecule has 9 rings (SSSR count). The van der Waals surface area contributed by atoms with E-state index in [1.165, 1.54) is 12.3 Å². The number of hydrogen-bond acceptors (Lipinski definition) is 15. The lowest BCUT2D eigenvalue weighted by Crippen LogP contribution is -2.54. The first-order valence-corrected chi connectivity index (χ1v) is 26.1. The predicted octanol–water partition coefficient (Wildman–Crippen LogP) is 4.25. The third kappa shape index (κ3) is 12.1. The summed E-state index contributed by atoms with van der Waals surface area (Å²) in [6, 6.07) is 5.08. The third-order valence-corrected chi connectivity index (χ3v) is 16.0. The molecule has 4 amide bonds. The van der Waals surface area contributed by atoms with Gasteiger partial charge < -0.3 is 35.0 Å². The zero-order valence-corrected chi connectivity index (χ0v) is 41.7. The Morgan fingerprint density at radius 2 is 1.51 bits per heavy atom. The maximum absolute atomic E-state index is 15.2. The summed E-state index contributed by atoms with van der Waals surface area (Å²) >= 11 is 0. The largest absolute Gasteiger partial charge is 0.462 e. The summed E-state index contributed by atoms with van der Waals surface area (Å²) in [7, 11) is 3.65. The summed E-state index contributed by atoms with van der Waals surface area (Å²) in [4.78, 5) is 86.6. The molecule has 6 aliphatic rings. The number of esters is 1. The fourth-order valence-corrected chi connectivity index (χ4v) is 11.8. The molecule has 6 heterocycles. The van der Waals surface area contributed by atoms with Crippen molar-refractivity contribution in [3.05, 3.63) is 48.2 Å². The normalized spacial score (nSPS) is 25.1. The fourth-order valence-electron chi connectivity index (χ4n) is 11.8. The van der Waals surface area contributed by atoms with Gasteiger partial charge in [-0.1, -0.05) is 0 Å². The highest BCUT2D eigenvalue weighted by Crippen LogP contribution is 2.35. The van der Waals surface area contributed by atoms with Crippen LogP contribution in [0.25, 0.3) is 0 Å². The number of nitrogens with zero attached hydrogens (tertiary/aromatic N) is 10. The van der Waals surface area contributed by atoms with Crippen LogP contribution in [0.1, 0.15) is 94.3 Å². The van der Waals surface area contributed by atoms with Crippen molar-refractivity contribution in [3.63, 3.8) is 0 Å². The summed E-state index contributed by atoms with van der Waals surface area (Å²) in [5.74, 6) is 0.491. The third-order valence-electron chi connectivity index (χ3n) is 16.0. The van der Waals surface area contributed by atoms with Gasteiger partial charge in [0.25, 0.3) is 0 Å². The van der Waals surface area contributed by atoms with Crippen LogP contribution in [0.2, 0.25) is 0 Å². The second-order valence-corrected chi connectivity index (χ2v) is 20.5. The van der Waals surface area contributed by atoms with E-state index in [1.807, 2.05) is 31.3 Å². The number of benzene rings is 1. The molecule has 2 aromatic heterocycles. The van der Waals surface area contributed by atoms with E-state index >= 15 is 4.39 Å². The van der Waals surface area contributed by atoms with Crippen molar-refractivity contribution in [1.82, 2.24) is 44.7 Å². The molecule has 0 spiro atoms. The van der Waals surface area contributed by atoms with E-state index in [1.54, 1.807) is 23.9 Å². The minimum atomic E-state index is -0.475. The Morgan fingerprint density at radius 1 is 0.831 bits per heavy atom. The van der Waals surface area contributed by atoms with Crippen LogP contribution in [0.3, 0.4) is 0 Å². The zero-order valence-electron chi connectivity index (χ0n) is 41.7. The summed E-state index contributed by atoms with van der Waals surface area (Å²) < 4.78 is 22.1. The Bertz CT molecular complexity index is 2360. The molecule has 0 bridgehead atoms. The number of piperidine rings is 2. The Morgan fingerprint density at radius 3 is 2.14 bits per heavy atom. The van der Waals surface area contributed by atoms with Crippen LogP contribution in [-0.2, 0) is 31.0 Å². The molecule has 3 aromatic rings. The minimum absolute atomic E-state index is 0.00973. The topological polar surface area (TPSA) is 194 Å². The van der Waals surface area contributed by atoms with Gasteiger partial charge in [0, 0.05) is 135 Å². The maximum Gasteiger partial charge on any atom is 0.343 e. The molecule has 2 aliphatic carbocycles. The molecular formula is C51H72FN13O6. The van der Waals surface area contributed by atoms with Crippen molar-refractivity contribution in [3.8, 4) is 0 Å². The predicted molar refractivity (Wildman–Crippen MR) is 267 cm³/mol. The van der Waals surface area contributed by atoms with Crippen molar-refractivity contribution in [2.75, 3.05) is 106 Å². The molecule has 1 aromatic carbocycles. The summed E-state index contributed by atoms with van der Waals surface area (Å²) in [5.41, 5.74) is 2.33. The summed E-state index contributed by atoms with van der Waals surface area (Å²) in [6.07, 6.45) is 14.6. The van der Waals surface area contributed by atoms with E-state index in [0.717, 1.165) is 134 Å². The number of anilines is 5. The fraction of sp³-hybridized carbons (Fsp3) is 0.647. The molecule has 1 atom stereocenters. The van der Waals surface area contributed by atoms with Gasteiger partial charge in [-0.3, -0.25) is 39.0 Å². The van der Waals surface area contributed by atoms with Crippen LogP contribution in [0.15, 0.2) is 36.8 Å². The maximum atomic E-state index is 15.2. The number of amides is 4. The lowest BCUT2D eigenvalue weighted by Gasteiger charge is -2.43. The Kier molecular flexibility index (Phi) is 16.0. The number of piperazine rings is 2. The monoisotopic (exact) mass is 982 g/mol. The molecular weight excluding hydrogens is 910 g/mol. The smallest absolute Gasteiger partial charge is 0.343 e. The number of nitrogens with one attached hydrogen (secondary N) is 3. The van der Waals surface area contributed by atoms with E-state index in [4.69, 9.17) is 4.74 Å². The van der Waals surface area contributed by atoms with E-state index < -0.39 is 12.0 Å². The van der Waals surface area contributed by atoms with Crippen molar-refractivity contribution in [1.29, 1.82) is 0 Å². The molecule has 2 saturated carbocycles. The van der Waals surface area contributed by atoms with Crippen LogP contribution >= 0.6 is 0 Å². The van der Waals surface area contributed by atoms with Crippen LogP contribution < -0.4 is 25.8 Å². The zero-order chi connectivity index (χ0) is 49.6. The molecule has 0 radical (unpaired) electrons. The van der Waals surface area contributed by atoms with Gasteiger partial charge in [-0.15, -0.1) is 0 Å². The molecule has 19 nitrogen and oxygen atoms in total. The number of carbonyl (C=O) groups excluding carboxylic acids is 5. The van der Waals surface area contributed by atoms with Crippen LogP contribution in [0.5, 0.6) is 0 Å². The van der Waals surface area contributed by atoms with Gasteiger partial charge in [-0.25, -0.2) is 14.2 Å². The SMILES string of the molecule is CCOC(=O)c1cnc(Nc2cnn(C)c2)nc1NC1CCC(N2CCN(C(=O)C3CCC(C(=O)N4CCC(CN5CCN(c6cc(N(C)C7CCC(=O)NC7=O)ccc6F)CC5)CC4)CC3)CC2)CC1. The van der Waals surface area contributed by atoms with Gasteiger partial charge in [0.2, 0.25) is 29.6 Å². The highest BCUT2D eigenvalue weighted by Gasteiger charge is 2.38. The highest BCUT2D eigenvalue weighted by atomic mass is 19.1. The van der Waals surface area contributed by atoms with Gasteiger partial charge in [0.05, 0.1) is 24.2 Å². The number of hydrogen-bond donors (Lipinski definition) is 3. The average Bonchev–Trinajstić information content (AvgIpc) is 3.80. The Labute approximate surface area is 416 Å².